The van der Waals surface area contributed by atoms with E-state index in [-0.39, 0.29) is 12.5 Å². The maximum atomic E-state index is 12.6. The zero-order valence-electron chi connectivity index (χ0n) is 17.3. The summed E-state index contributed by atoms with van der Waals surface area (Å²) in [5.74, 6) is 1.18. The van der Waals surface area contributed by atoms with Crippen LogP contribution in [-0.2, 0) is 11.2 Å². The Morgan fingerprint density at radius 3 is 2.53 bits per heavy atom. The van der Waals surface area contributed by atoms with Crippen molar-refractivity contribution >= 4 is 17.3 Å². The normalized spacial score (nSPS) is 11.4. The number of ether oxygens (including phenoxy) is 2. The fourth-order valence-electron chi connectivity index (χ4n) is 3.78. The van der Waals surface area contributed by atoms with E-state index >= 15 is 0 Å². The van der Waals surface area contributed by atoms with E-state index in [4.69, 9.17) is 9.47 Å². The van der Waals surface area contributed by atoms with Gasteiger partial charge < -0.3 is 20.1 Å². The van der Waals surface area contributed by atoms with Gasteiger partial charge in [0.05, 0.1) is 25.4 Å². The second-order valence-corrected chi connectivity index (χ2v) is 7.13. The number of anilines is 2. The molecule has 5 heteroatoms. The lowest BCUT2D eigenvalue weighted by atomic mass is 10.1. The Kier molecular flexibility index (Phi) is 5.89. The molecule has 0 radical (unpaired) electrons. The lowest BCUT2D eigenvalue weighted by Crippen LogP contribution is -2.22. The number of rotatable bonds is 8. The average molecular weight is 402 g/mol. The number of carbonyl (C=O) groups is 1. The molecule has 3 aromatic carbocycles. The van der Waals surface area contributed by atoms with Gasteiger partial charge in [0.2, 0.25) is 5.91 Å². The van der Waals surface area contributed by atoms with Crippen molar-refractivity contribution in [3.63, 3.8) is 0 Å². The van der Waals surface area contributed by atoms with Crippen LogP contribution in [0.4, 0.5) is 11.4 Å². The van der Waals surface area contributed by atoms with Crippen LogP contribution in [0.5, 0.6) is 11.5 Å². The summed E-state index contributed by atoms with van der Waals surface area (Å²) in [4.78, 5) is 12.6. The molecule has 1 aliphatic rings. The fraction of sp³-hybridized carbons (Fsp3) is 0.240. The van der Waals surface area contributed by atoms with E-state index in [1.807, 2.05) is 32.0 Å². The highest BCUT2D eigenvalue weighted by Crippen LogP contribution is 2.37. The largest absolute Gasteiger partial charge is 0.494 e. The molecule has 0 bridgehead atoms. The Labute approximate surface area is 177 Å². The topological polar surface area (TPSA) is 59.6 Å². The zero-order chi connectivity index (χ0) is 20.9. The first-order valence-corrected chi connectivity index (χ1v) is 10.3. The average Bonchev–Trinajstić information content (AvgIpc) is 3.12. The molecular weight excluding hydrogens is 376 g/mol. The number of carbonyl (C=O) groups excluding carboxylic acids is 1. The Balaban J connectivity index is 1.41. The molecule has 0 atom stereocenters. The molecule has 0 aliphatic heterocycles. The van der Waals surface area contributed by atoms with Crippen LogP contribution in [0.25, 0.3) is 11.1 Å². The maximum Gasteiger partial charge on any atom is 0.243 e. The van der Waals surface area contributed by atoms with E-state index in [2.05, 4.69) is 47.0 Å². The minimum Gasteiger partial charge on any atom is -0.494 e. The fourth-order valence-corrected chi connectivity index (χ4v) is 3.78. The quantitative estimate of drug-likeness (QED) is 0.430. The van der Waals surface area contributed by atoms with Crippen molar-refractivity contribution in [3.8, 4) is 22.6 Å². The van der Waals surface area contributed by atoms with Gasteiger partial charge in [-0.1, -0.05) is 30.3 Å². The summed E-state index contributed by atoms with van der Waals surface area (Å²) in [7, 11) is 0. The van der Waals surface area contributed by atoms with Crippen LogP contribution in [0.2, 0.25) is 0 Å². The van der Waals surface area contributed by atoms with Crippen molar-refractivity contribution in [2.45, 2.75) is 20.3 Å². The summed E-state index contributed by atoms with van der Waals surface area (Å²) < 4.78 is 11.2. The minimum absolute atomic E-state index is 0.145. The van der Waals surface area contributed by atoms with E-state index in [1.165, 1.54) is 22.3 Å². The molecule has 154 valence electrons. The van der Waals surface area contributed by atoms with Gasteiger partial charge in [-0.05, 0) is 66.8 Å². The van der Waals surface area contributed by atoms with Crippen LogP contribution in [-0.4, -0.2) is 25.7 Å². The lowest BCUT2D eigenvalue weighted by molar-refractivity contribution is -0.114. The molecule has 5 nitrogen and oxygen atoms in total. The number of nitrogens with one attached hydrogen (secondary N) is 2. The van der Waals surface area contributed by atoms with Gasteiger partial charge >= 0.3 is 0 Å². The van der Waals surface area contributed by atoms with Crippen LogP contribution in [0, 0.1) is 0 Å². The highest BCUT2D eigenvalue weighted by molar-refractivity contribution is 5.95. The van der Waals surface area contributed by atoms with Crippen molar-refractivity contribution in [1.29, 1.82) is 0 Å². The van der Waals surface area contributed by atoms with Gasteiger partial charge in [0.25, 0.3) is 0 Å². The second kappa shape index (κ2) is 8.91. The number of hydrogen-bond donors (Lipinski definition) is 2. The molecular formula is C25H26N2O3. The smallest absolute Gasteiger partial charge is 0.243 e. The van der Waals surface area contributed by atoms with Gasteiger partial charge in [0.15, 0.2) is 0 Å². The third-order valence-corrected chi connectivity index (χ3v) is 5.08. The summed E-state index contributed by atoms with van der Waals surface area (Å²) in [6.45, 7) is 5.08. The number of benzene rings is 3. The number of amides is 1. The Bertz CT molecular complexity index is 1060. The molecule has 2 N–H and O–H groups in total. The molecule has 0 fully saturated rings. The van der Waals surface area contributed by atoms with Gasteiger partial charge in [0, 0.05) is 11.8 Å². The first-order chi connectivity index (χ1) is 14.7. The molecule has 4 rings (SSSR count). The van der Waals surface area contributed by atoms with Crippen LogP contribution >= 0.6 is 0 Å². The predicted octanol–water partition coefficient (Wildman–Crippen LogP) is 5.11. The Morgan fingerprint density at radius 1 is 0.900 bits per heavy atom. The third kappa shape index (κ3) is 4.25. The van der Waals surface area contributed by atoms with Gasteiger partial charge in [-0.2, -0.15) is 0 Å². The second-order valence-electron chi connectivity index (χ2n) is 7.13. The Morgan fingerprint density at radius 2 is 1.70 bits per heavy atom. The van der Waals surface area contributed by atoms with E-state index in [9.17, 15) is 4.79 Å². The van der Waals surface area contributed by atoms with Gasteiger partial charge in [-0.25, -0.2) is 0 Å². The SMILES string of the molecule is CCOc1ccc(OCC)c(NC(=O)CNc2ccc3c(c2)Cc2ccccc2-3)c1. The van der Waals surface area contributed by atoms with Gasteiger partial charge in [0.1, 0.15) is 11.5 Å². The van der Waals surface area contributed by atoms with Crippen LogP contribution in [0.3, 0.4) is 0 Å². The van der Waals surface area contributed by atoms with E-state index in [0.717, 1.165) is 12.1 Å². The van der Waals surface area contributed by atoms with Crippen molar-refractivity contribution < 1.29 is 14.3 Å². The summed E-state index contributed by atoms with van der Waals surface area (Å²) in [6, 6.07) is 20.2. The Hall–Kier alpha value is -3.47. The summed E-state index contributed by atoms with van der Waals surface area (Å²) in [5.41, 5.74) is 6.75. The first kappa shape index (κ1) is 19.8. The van der Waals surface area contributed by atoms with Crippen LogP contribution in [0.15, 0.2) is 60.7 Å². The zero-order valence-corrected chi connectivity index (χ0v) is 17.3. The molecule has 0 saturated carbocycles. The highest BCUT2D eigenvalue weighted by Gasteiger charge is 2.18. The monoisotopic (exact) mass is 402 g/mol. The van der Waals surface area contributed by atoms with Crippen molar-refractivity contribution in [3.05, 3.63) is 71.8 Å². The maximum absolute atomic E-state index is 12.6. The lowest BCUT2D eigenvalue weighted by Gasteiger charge is -2.14. The van der Waals surface area contributed by atoms with Crippen LogP contribution in [0.1, 0.15) is 25.0 Å². The molecule has 0 aromatic heterocycles. The molecule has 0 saturated heterocycles. The molecule has 1 aliphatic carbocycles. The van der Waals surface area contributed by atoms with Crippen molar-refractivity contribution in [1.82, 2.24) is 0 Å². The summed E-state index contributed by atoms with van der Waals surface area (Å²) in [6.07, 6.45) is 0.926. The third-order valence-electron chi connectivity index (χ3n) is 5.08. The van der Waals surface area contributed by atoms with Gasteiger partial charge in [-0.15, -0.1) is 0 Å². The predicted molar refractivity (Wildman–Crippen MR) is 121 cm³/mol. The van der Waals surface area contributed by atoms with Crippen molar-refractivity contribution in [2.75, 3.05) is 30.4 Å². The van der Waals surface area contributed by atoms with E-state index < -0.39 is 0 Å². The molecule has 0 spiro atoms. The number of hydrogen-bond acceptors (Lipinski definition) is 4. The minimum atomic E-state index is -0.145. The van der Waals surface area contributed by atoms with E-state index in [0.29, 0.717) is 30.4 Å². The standard InChI is InChI=1S/C25H26N2O3/c1-3-29-20-10-12-24(30-4-2)23(15-20)27-25(28)16-26-19-9-11-22-18(14-19)13-17-7-5-6-8-21(17)22/h5-12,14-15,26H,3-4,13,16H2,1-2H3,(H,27,28). The summed E-state index contributed by atoms with van der Waals surface area (Å²) >= 11 is 0. The highest BCUT2D eigenvalue weighted by atomic mass is 16.5. The first-order valence-electron chi connectivity index (χ1n) is 10.3. The summed E-state index contributed by atoms with van der Waals surface area (Å²) in [5, 5.41) is 6.15. The van der Waals surface area contributed by atoms with Crippen molar-refractivity contribution in [2.24, 2.45) is 0 Å². The molecule has 3 aromatic rings. The molecule has 0 unspecified atom stereocenters. The molecule has 0 heterocycles. The van der Waals surface area contributed by atoms with Gasteiger partial charge in [-0.3, -0.25) is 4.79 Å². The number of fused-ring (bicyclic) bond motifs is 3. The molecule has 30 heavy (non-hydrogen) atoms. The van der Waals surface area contributed by atoms with E-state index in [1.54, 1.807) is 6.07 Å². The molecule has 1 amide bonds. The van der Waals surface area contributed by atoms with Crippen LogP contribution < -0.4 is 20.1 Å².